The summed E-state index contributed by atoms with van der Waals surface area (Å²) in [6.07, 6.45) is 0. The Kier molecular flexibility index (Phi) is 2.73. The third-order valence-electron chi connectivity index (χ3n) is 5.33. The van der Waals surface area contributed by atoms with E-state index in [0.29, 0.717) is 0 Å². The zero-order valence-electron chi connectivity index (χ0n) is 13.6. The normalized spacial score (nSPS) is 34.2. The minimum atomic E-state index is -0.253. The van der Waals surface area contributed by atoms with Gasteiger partial charge < -0.3 is 4.74 Å². The van der Waals surface area contributed by atoms with Crippen LogP contribution in [0, 0.1) is 0 Å². The molecule has 2 atom stereocenters. The SMILES string of the molecule is CC1(C)SC(C)(C)C2(c3ccccc3)OC12c1ccccc1. The highest BCUT2D eigenvalue weighted by Gasteiger charge is 2.87. The van der Waals surface area contributed by atoms with Gasteiger partial charge in [0.05, 0.1) is 0 Å². The first-order valence-corrected chi connectivity index (χ1v) is 8.70. The van der Waals surface area contributed by atoms with Crippen LogP contribution in [0.2, 0.25) is 0 Å². The van der Waals surface area contributed by atoms with Crippen molar-refractivity contribution >= 4 is 11.8 Å². The summed E-state index contributed by atoms with van der Waals surface area (Å²) in [6.45, 7) is 9.29. The maximum atomic E-state index is 6.71. The minimum absolute atomic E-state index is 0.0215. The van der Waals surface area contributed by atoms with Gasteiger partial charge in [0.2, 0.25) is 0 Å². The number of thioether (sulfide) groups is 1. The molecule has 0 spiro atoms. The number of benzene rings is 2. The van der Waals surface area contributed by atoms with E-state index in [4.69, 9.17) is 4.74 Å². The Morgan fingerprint density at radius 1 is 0.636 bits per heavy atom. The van der Waals surface area contributed by atoms with Gasteiger partial charge in [-0.1, -0.05) is 60.7 Å². The molecular formula is C20H22OS. The summed E-state index contributed by atoms with van der Waals surface area (Å²) >= 11 is 2.05. The Bertz CT molecular complexity index is 646. The van der Waals surface area contributed by atoms with Crippen molar-refractivity contribution < 1.29 is 4.74 Å². The van der Waals surface area contributed by atoms with Gasteiger partial charge in [-0.25, -0.2) is 0 Å². The fourth-order valence-electron chi connectivity index (χ4n) is 4.64. The summed E-state index contributed by atoms with van der Waals surface area (Å²) in [7, 11) is 0. The fraction of sp³-hybridized carbons (Fsp3) is 0.400. The molecule has 0 N–H and O–H groups in total. The van der Waals surface area contributed by atoms with Gasteiger partial charge in [-0.15, -0.1) is 11.8 Å². The van der Waals surface area contributed by atoms with Gasteiger partial charge in [-0.2, -0.15) is 0 Å². The van der Waals surface area contributed by atoms with Crippen molar-refractivity contribution in [3.05, 3.63) is 71.8 Å². The predicted molar refractivity (Wildman–Crippen MR) is 93.1 cm³/mol. The quantitative estimate of drug-likeness (QED) is 0.715. The van der Waals surface area contributed by atoms with Crippen LogP contribution in [-0.2, 0) is 15.9 Å². The van der Waals surface area contributed by atoms with Crippen molar-refractivity contribution in [1.82, 2.24) is 0 Å². The summed E-state index contributed by atoms with van der Waals surface area (Å²) in [4.78, 5) is 0. The Morgan fingerprint density at radius 3 is 1.36 bits per heavy atom. The van der Waals surface area contributed by atoms with E-state index < -0.39 is 0 Å². The number of ether oxygens (including phenoxy) is 1. The molecular weight excluding hydrogens is 288 g/mol. The van der Waals surface area contributed by atoms with E-state index in [-0.39, 0.29) is 20.7 Å². The van der Waals surface area contributed by atoms with Crippen molar-refractivity contribution in [3.63, 3.8) is 0 Å². The Labute approximate surface area is 137 Å². The van der Waals surface area contributed by atoms with E-state index in [1.165, 1.54) is 11.1 Å². The van der Waals surface area contributed by atoms with Crippen LogP contribution in [0.25, 0.3) is 0 Å². The highest BCUT2D eigenvalue weighted by molar-refractivity contribution is 8.02. The maximum absolute atomic E-state index is 6.71. The standard InChI is InChI=1S/C20H22OS/c1-17(2)19(15-11-7-5-8-12-15)20(21-19,18(3,4)22-17)16-13-9-6-10-14-16/h5-14H,1-4H3. The number of rotatable bonds is 2. The molecule has 0 bridgehead atoms. The molecule has 2 unspecified atom stereocenters. The van der Waals surface area contributed by atoms with Crippen LogP contribution in [0.15, 0.2) is 60.7 Å². The zero-order valence-corrected chi connectivity index (χ0v) is 14.4. The molecule has 0 radical (unpaired) electrons. The predicted octanol–water partition coefficient (Wildman–Crippen LogP) is 5.11. The van der Waals surface area contributed by atoms with Gasteiger partial charge in [-0.05, 0) is 38.8 Å². The minimum Gasteiger partial charge on any atom is -0.349 e. The van der Waals surface area contributed by atoms with Crippen LogP contribution in [0.3, 0.4) is 0 Å². The van der Waals surface area contributed by atoms with Crippen molar-refractivity contribution in [1.29, 1.82) is 0 Å². The summed E-state index contributed by atoms with van der Waals surface area (Å²) in [6, 6.07) is 21.5. The molecule has 2 heterocycles. The molecule has 0 aliphatic carbocycles. The molecule has 114 valence electrons. The van der Waals surface area contributed by atoms with Crippen LogP contribution in [0.1, 0.15) is 38.8 Å². The molecule has 1 nitrogen and oxygen atoms in total. The second-order valence-corrected chi connectivity index (χ2v) is 9.56. The van der Waals surface area contributed by atoms with Gasteiger partial charge >= 0.3 is 0 Å². The Morgan fingerprint density at radius 2 is 1.00 bits per heavy atom. The smallest absolute Gasteiger partial charge is 0.143 e. The maximum Gasteiger partial charge on any atom is 0.143 e. The molecule has 0 saturated carbocycles. The van der Waals surface area contributed by atoms with Crippen LogP contribution in [0.5, 0.6) is 0 Å². The summed E-state index contributed by atoms with van der Waals surface area (Å²) < 4.78 is 6.75. The third kappa shape index (κ3) is 1.45. The van der Waals surface area contributed by atoms with E-state index in [1.807, 2.05) is 11.8 Å². The molecule has 0 aromatic heterocycles. The number of hydrogen-bond donors (Lipinski definition) is 0. The second-order valence-electron chi connectivity index (χ2n) is 7.32. The molecule has 2 heteroatoms. The molecule has 2 saturated heterocycles. The molecule has 2 aromatic rings. The zero-order chi connectivity index (χ0) is 15.6. The third-order valence-corrected chi connectivity index (χ3v) is 6.92. The first kappa shape index (κ1) is 14.3. The lowest BCUT2D eigenvalue weighted by atomic mass is 9.70. The summed E-state index contributed by atoms with van der Waals surface area (Å²) in [5.41, 5.74) is 2.08. The average Bonchev–Trinajstić information content (AvgIpc) is 3.19. The highest BCUT2D eigenvalue weighted by Crippen LogP contribution is 2.82. The van der Waals surface area contributed by atoms with Gasteiger partial charge in [0.25, 0.3) is 0 Å². The van der Waals surface area contributed by atoms with Crippen molar-refractivity contribution in [2.45, 2.75) is 48.4 Å². The molecule has 2 aliphatic heterocycles. The van der Waals surface area contributed by atoms with Gasteiger partial charge in [0.15, 0.2) is 0 Å². The Balaban J connectivity index is 1.98. The molecule has 2 aromatic carbocycles. The monoisotopic (exact) mass is 310 g/mol. The topological polar surface area (TPSA) is 12.5 Å². The average molecular weight is 310 g/mol. The van der Waals surface area contributed by atoms with E-state index in [0.717, 1.165) is 0 Å². The van der Waals surface area contributed by atoms with Crippen molar-refractivity contribution in [2.24, 2.45) is 0 Å². The second kappa shape index (κ2) is 4.18. The number of fused-ring (bicyclic) bond motifs is 1. The summed E-state index contributed by atoms with van der Waals surface area (Å²) in [5, 5.41) is 0. The van der Waals surface area contributed by atoms with Crippen molar-refractivity contribution in [2.75, 3.05) is 0 Å². The number of hydrogen-bond acceptors (Lipinski definition) is 2. The summed E-state index contributed by atoms with van der Waals surface area (Å²) in [5.74, 6) is 0. The lowest BCUT2D eigenvalue weighted by molar-refractivity contribution is 0.211. The lowest BCUT2D eigenvalue weighted by Gasteiger charge is -2.31. The fourth-order valence-corrected chi connectivity index (χ4v) is 6.81. The van der Waals surface area contributed by atoms with E-state index >= 15 is 0 Å². The molecule has 22 heavy (non-hydrogen) atoms. The lowest BCUT2D eigenvalue weighted by Crippen LogP contribution is -2.36. The molecule has 2 fully saturated rings. The van der Waals surface area contributed by atoms with Gasteiger partial charge in [0, 0.05) is 9.49 Å². The van der Waals surface area contributed by atoms with Crippen molar-refractivity contribution in [3.8, 4) is 0 Å². The van der Waals surface area contributed by atoms with Crippen LogP contribution < -0.4 is 0 Å². The number of epoxide rings is 1. The van der Waals surface area contributed by atoms with E-state index in [1.54, 1.807) is 0 Å². The van der Waals surface area contributed by atoms with Gasteiger partial charge in [0.1, 0.15) is 11.2 Å². The van der Waals surface area contributed by atoms with Crippen LogP contribution in [0.4, 0.5) is 0 Å². The first-order valence-electron chi connectivity index (χ1n) is 7.89. The molecule has 2 aliphatic rings. The van der Waals surface area contributed by atoms with Gasteiger partial charge in [-0.3, -0.25) is 0 Å². The first-order chi connectivity index (χ1) is 10.4. The van der Waals surface area contributed by atoms with E-state index in [9.17, 15) is 0 Å². The highest BCUT2D eigenvalue weighted by atomic mass is 32.2. The van der Waals surface area contributed by atoms with Crippen LogP contribution >= 0.6 is 11.8 Å². The van der Waals surface area contributed by atoms with Crippen LogP contribution in [-0.4, -0.2) is 9.49 Å². The largest absolute Gasteiger partial charge is 0.349 e. The van der Waals surface area contributed by atoms with E-state index in [2.05, 4.69) is 88.4 Å². The Hall–Kier alpha value is -1.25. The molecule has 4 rings (SSSR count). The molecule has 0 amide bonds.